The third-order valence-electron chi connectivity index (χ3n) is 0. The first kappa shape index (κ1) is 74.3. The zero-order chi connectivity index (χ0) is 0. The third-order valence-corrected chi connectivity index (χ3v) is 0. The molecule has 0 aliphatic carbocycles. The summed E-state index contributed by atoms with van der Waals surface area (Å²) >= 11 is 0. The smallest absolute Gasteiger partial charge is 0 e. The van der Waals surface area contributed by atoms with Crippen LogP contribution in [0.15, 0.2) is 0 Å². The Bertz CT molecular complexity index is 7.64. The summed E-state index contributed by atoms with van der Waals surface area (Å²) in [5.41, 5.74) is 0. The van der Waals surface area contributed by atoms with Crippen LogP contribution in [0.2, 0.25) is 0 Å². The molecule has 57 valence electrons. The first-order valence-corrected chi connectivity index (χ1v) is 0. The van der Waals surface area contributed by atoms with E-state index in [9.17, 15) is 0 Å². The maximum Gasteiger partial charge on any atom is 0 e. The van der Waals surface area contributed by atoms with E-state index in [1.165, 1.54) is 0 Å². The third kappa shape index (κ3) is 43.8. The second-order valence-corrected chi connectivity index (χ2v) is 0. The van der Waals surface area contributed by atoms with Crippen LogP contribution < -0.4 is 0 Å². The molecule has 0 aliphatic rings. The Hall–Kier alpha value is 5.05. The number of rotatable bonds is 0. The molecule has 0 aromatic heterocycles. The number of hydrogen-bond acceptors (Lipinski definition) is 0. The van der Waals surface area contributed by atoms with Crippen LogP contribution in [0.5, 0.6) is 0 Å². The van der Waals surface area contributed by atoms with Crippen LogP contribution in [0.25, 0.3) is 0 Å². The molecule has 0 saturated heterocycles. The van der Waals surface area contributed by atoms with Gasteiger partial charge in [-0.15, -0.1) is 0 Å². The number of hydrogen-bond donors (Lipinski definition) is 0. The average molecular weight is 672 g/mol. The molecule has 0 N–H and O–H groups in total. The maximum absolute atomic E-state index is 0. The molecule has 0 bridgehead atoms. The fourth-order valence-corrected chi connectivity index (χ4v) is 0. The summed E-state index contributed by atoms with van der Waals surface area (Å²) in [5, 5.41) is 0. The Morgan fingerprint density at radius 2 is 0.250 bits per heavy atom. The van der Waals surface area contributed by atoms with Gasteiger partial charge in [0.15, 0.2) is 0 Å². The van der Waals surface area contributed by atoms with Crippen molar-refractivity contribution in [2.24, 2.45) is 0 Å². The van der Waals surface area contributed by atoms with Gasteiger partial charge < -0.3 is 0 Å². The molecule has 0 unspecified atom stereocenters. The largest absolute Gasteiger partial charge is 0 e. The molecule has 0 heterocycles. The summed E-state index contributed by atoms with van der Waals surface area (Å²) in [4.78, 5) is 0. The van der Waals surface area contributed by atoms with E-state index in [-0.39, 0.29) is 157 Å². The fraction of sp³-hybridized carbons (Fsp3) is 0. The van der Waals surface area contributed by atoms with Crippen LogP contribution >= 0.6 is 0 Å². The van der Waals surface area contributed by atoms with Crippen molar-refractivity contribution >= 4 is 99.0 Å². The van der Waals surface area contributed by atoms with Crippen molar-refractivity contribution in [2.75, 3.05) is 0 Å². The Morgan fingerprint density at radius 3 is 0.250 bits per heavy atom. The molecule has 8 heavy (non-hydrogen) atoms. The molecular formula is H15Ga5Rh3. The predicted octanol–water partition coefficient (Wildman–Crippen LogP) is -5.93. The van der Waals surface area contributed by atoms with Crippen molar-refractivity contribution in [2.45, 2.75) is 0 Å². The second-order valence-electron chi connectivity index (χ2n) is 0. The zero-order valence-corrected chi connectivity index (χ0v) is 5.92. The van der Waals surface area contributed by atoms with Gasteiger partial charge in [0, 0.05) is 58.4 Å². The minimum absolute atomic E-state index is 0. The molecule has 0 nitrogen and oxygen atoms in total. The van der Waals surface area contributed by atoms with Crippen LogP contribution in [0.4, 0.5) is 0 Å². The van der Waals surface area contributed by atoms with Crippen LogP contribution in [0.1, 0.15) is 0 Å². The van der Waals surface area contributed by atoms with Gasteiger partial charge in [0.1, 0.15) is 0 Å². The standard InChI is InChI=1S/5Ga.3Rh.15H. The second kappa shape index (κ2) is 57.7. The fourth-order valence-electron chi connectivity index (χ4n) is 0. The zero-order valence-electron chi connectivity index (χ0n) is 1.00. The van der Waals surface area contributed by atoms with E-state index in [4.69, 9.17) is 0 Å². The monoisotopic (exact) mass is 668 g/mol. The molecule has 0 atom stereocenters. The van der Waals surface area contributed by atoms with Gasteiger partial charge in [-0.3, -0.25) is 0 Å². The normalized spacial score (nSPS) is 0. The predicted molar refractivity (Wildman–Crippen MR) is 49.7 cm³/mol. The molecular weight excluding hydrogens is 657 g/mol. The van der Waals surface area contributed by atoms with Gasteiger partial charge in [0.05, 0.1) is 0 Å². The van der Waals surface area contributed by atoms with Crippen LogP contribution in [0.3, 0.4) is 0 Å². The van der Waals surface area contributed by atoms with Crippen molar-refractivity contribution in [3.63, 3.8) is 0 Å². The summed E-state index contributed by atoms with van der Waals surface area (Å²) in [6.07, 6.45) is 0. The maximum atomic E-state index is 0. The SMILES string of the molecule is [GaH3].[GaH3].[GaH3].[GaH3].[GaH3].[Rh].[Rh].[Rh]. The summed E-state index contributed by atoms with van der Waals surface area (Å²) < 4.78 is 0. The van der Waals surface area contributed by atoms with E-state index in [2.05, 4.69) is 0 Å². The van der Waals surface area contributed by atoms with E-state index in [0.29, 0.717) is 0 Å². The molecule has 0 aromatic carbocycles. The molecule has 0 aromatic rings. The van der Waals surface area contributed by atoms with Crippen molar-refractivity contribution in [1.29, 1.82) is 0 Å². The van der Waals surface area contributed by atoms with E-state index < -0.39 is 0 Å². The van der Waals surface area contributed by atoms with Crippen molar-refractivity contribution in [3.8, 4) is 0 Å². The Morgan fingerprint density at radius 1 is 0.250 bits per heavy atom. The van der Waals surface area contributed by atoms with E-state index in [0.717, 1.165) is 0 Å². The van der Waals surface area contributed by atoms with Gasteiger partial charge in [-0.2, -0.15) is 0 Å². The topological polar surface area (TPSA) is 0 Å². The minimum atomic E-state index is 0. The summed E-state index contributed by atoms with van der Waals surface area (Å²) in [6, 6.07) is 0. The molecule has 0 amide bonds. The van der Waals surface area contributed by atoms with Crippen LogP contribution in [-0.4, -0.2) is 99.0 Å². The van der Waals surface area contributed by atoms with Gasteiger partial charge in [-0.1, -0.05) is 0 Å². The van der Waals surface area contributed by atoms with Gasteiger partial charge in [-0.25, -0.2) is 0 Å². The van der Waals surface area contributed by atoms with Crippen LogP contribution in [-0.2, 0) is 58.4 Å². The van der Waals surface area contributed by atoms with E-state index >= 15 is 0 Å². The average Bonchev–Trinajstić information content (AvgIpc) is 0. The van der Waals surface area contributed by atoms with E-state index in [1.54, 1.807) is 0 Å². The van der Waals surface area contributed by atoms with Gasteiger partial charge in [0.2, 0.25) is 0 Å². The molecule has 0 aliphatic heterocycles. The molecule has 0 spiro atoms. The summed E-state index contributed by atoms with van der Waals surface area (Å²) in [6.45, 7) is 0. The molecule has 0 saturated carbocycles. The van der Waals surface area contributed by atoms with E-state index in [1.807, 2.05) is 0 Å². The Kier molecular flexibility index (Phi) is 536. The molecule has 8 heteroatoms. The van der Waals surface area contributed by atoms with Gasteiger partial charge in [0.25, 0.3) is 0 Å². The first-order chi connectivity index (χ1) is 0. The van der Waals surface area contributed by atoms with Gasteiger partial charge in [-0.05, 0) is 0 Å². The molecule has 3 radical (unpaired) electrons. The molecule has 0 fully saturated rings. The van der Waals surface area contributed by atoms with Gasteiger partial charge >= 0.3 is 99.0 Å². The van der Waals surface area contributed by atoms with Crippen LogP contribution in [0, 0.1) is 0 Å². The van der Waals surface area contributed by atoms with Crippen molar-refractivity contribution in [1.82, 2.24) is 0 Å². The molecule has 0 rings (SSSR count). The van der Waals surface area contributed by atoms with Crippen molar-refractivity contribution in [3.05, 3.63) is 0 Å². The quantitative estimate of drug-likeness (QED) is 0.225. The first-order valence-electron chi connectivity index (χ1n) is 0. The Labute approximate surface area is 154 Å². The summed E-state index contributed by atoms with van der Waals surface area (Å²) in [5.74, 6) is 0. The minimum Gasteiger partial charge on any atom is 0 e. The van der Waals surface area contributed by atoms with Crippen molar-refractivity contribution < 1.29 is 58.4 Å². The Balaban J connectivity index is 0. The summed E-state index contributed by atoms with van der Waals surface area (Å²) in [7, 11) is 0.